The average Bonchev–Trinajstić information content (AvgIpc) is 3.39. The van der Waals surface area contributed by atoms with Crippen molar-refractivity contribution in [2.75, 3.05) is 39.8 Å². The average molecular weight is 375 g/mol. The van der Waals surface area contributed by atoms with Crippen LogP contribution < -0.4 is 5.32 Å². The first kappa shape index (κ1) is 18.2. The fraction of sp³-hybridized carbons (Fsp3) is 0.778. The van der Waals surface area contributed by atoms with E-state index < -0.39 is 0 Å². The van der Waals surface area contributed by atoms with E-state index in [2.05, 4.69) is 30.0 Å². The molecule has 2 saturated heterocycles. The second-order valence-corrected chi connectivity index (χ2v) is 7.36. The third kappa shape index (κ3) is 3.92. The fourth-order valence-electron chi connectivity index (χ4n) is 4.10. The Morgan fingerprint density at radius 1 is 1.15 bits per heavy atom. The molecule has 9 heteroatoms. The monoisotopic (exact) mass is 375 g/mol. The van der Waals surface area contributed by atoms with Gasteiger partial charge in [-0.2, -0.15) is 0 Å². The smallest absolute Gasteiger partial charge is 0.251 e. The first-order valence-electron chi connectivity index (χ1n) is 10.0. The SMILES string of the molecule is CN=C(NCc1nnc2n1CCCC2)N1CCN(C(=O)C2CCCO2)CC1. The Morgan fingerprint density at radius 3 is 2.70 bits per heavy atom. The van der Waals surface area contributed by atoms with Crippen LogP contribution in [0.25, 0.3) is 0 Å². The lowest BCUT2D eigenvalue weighted by Crippen LogP contribution is -2.55. The van der Waals surface area contributed by atoms with E-state index in [0.717, 1.165) is 56.5 Å². The summed E-state index contributed by atoms with van der Waals surface area (Å²) in [4.78, 5) is 21.0. The number of amides is 1. The maximum absolute atomic E-state index is 12.5. The van der Waals surface area contributed by atoms with Gasteiger partial charge in [0.2, 0.25) is 0 Å². The number of aliphatic imine (C=N–C) groups is 1. The van der Waals surface area contributed by atoms with Gasteiger partial charge in [-0.3, -0.25) is 9.79 Å². The predicted octanol–water partition coefficient (Wildman–Crippen LogP) is 0.0130. The summed E-state index contributed by atoms with van der Waals surface area (Å²) in [6, 6.07) is 0. The highest BCUT2D eigenvalue weighted by Gasteiger charge is 2.31. The molecule has 2 fully saturated rings. The predicted molar refractivity (Wildman–Crippen MR) is 100 cm³/mol. The molecule has 9 nitrogen and oxygen atoms in total. The van der Waals surface area contributed by atoms with Crippen LogP contribution in [0, 0.1) is 0 Å². The minimum atomic E-state index is -0.229. The van der Waals surface area contributed by atoms with Crippen LogP contribution in [-0.4, -0.2) is 82.4 Å². The largest absolute Gasteiger partial charge is 0.368 e. The van der Waals surface area contributed by atoms with Crippen LogP contribution in [0.1, 0.15) is 37.3 Å². The molecule has 27 heavy (non-hydrogen) atoms. The molecule has 1 N–H and O–H groups in total. The molecule has 1 aromatic heterocycles. The molecule has 0 bridgehead atoms. The van der Waals surface area contributed by atoms with E-state index in [1.165, 1.54) is 12.8 Å². The van der Waals surface area contributed by atoms with Crippen molar-refractivity contribution in [2.45, 2.75) is 51.3 Å². The maximum atomic E-state index is 12.5. The summed E-state index contributed by atoms with van der Waals surface area (Å²) in [5.74, 6) is 3.06. The number of ether oxygens (including phenoxy) is 1. The van der Waals surface area contributed by atoms with Crippen molar-refractivity contribution in [1.82, 2.24) is 29.9 Å². The van der Waals surface area contributed by atoms with Gasteiger partial charge in [0.05, 0.1) is 6.54 Å². The summed E-state index contributed by atoms with van der Waals surface area (Å²) in [5.41, 5.74) is 0. The van der Waals surface area contributed by atoms with Crippen LogP contribution in [0.5, 0.6) is 0 Å². The first-order valence-corrected chi connectivity index (χ1v) is 10.0. The zero-order valence-electron chi connectivity index (χ0n) is 16.1. The van der Waals surface area contributed by atoms with Gasteiger partial charge in [-0.05, 0) is 25.7 Å². The van der Waals surface area contributed by atoms with Crippen molar-refractivity contribution in [3.8, 4) is 0 Å². The number of aryl methyl sites for hydroxylation is 1. The van der Waals surface area contributed by atoms with Gasteiger partial charge < -0.3 is 24.4 Å². The quantitative estimate of drug-likeness (QED) is 0.592. The van der Waals surface area contributed by atoms with Gasteiger partial charge in [0.15, 0.2) is 11.8 Å². The number of carbonyl (C=O) groups is 1. The van der Waals surface area contributed by atoms with E-state index in [1.807, 2.05) is 4.90 Å². The molecule has 4 heterocycles. The lowest BCUT2D eigenvalue weighted by Gasteiger charge is -2.37. The molecule has 0 aliphatic carbocycles. The van der Waals surface area contributed by atoms with Gasteiger partial charge in [0, 0.05) is 52.8 Å². The summed E-state index contributed by atoms with van der Waals surface area (Å²) < 4.78 is 7.76. The molecule has 0 aromatic carbocycles. The zero-order valence-corrected chi connectivity index (χ0v) is 16.1. The van der Waals surface area contributed by atoms with Gasteiger partial charge in [-0.1, -0.05) is 0 Å². The van der Waals surface area contributed by atoms with Crippen LogP contribution in [0.3, 0.4) is 0 Å². The van der Waals surface area contributed by atoms with Crippen molar-refractivity contribution >= 4 is 11.9 Å². The molecular weight excluding hydrogens is 346 g/mol. The van der Waals surface area contributed by atoms with Crippen molar-refractivity contribution in [3.05, 3.63) is 11.6 Å². The number of rotatable bonds is 3. The molecule has 0 spiro atoms. The lowest BCUT2D eigenvalue weighted by atomic mass is 10.2. The lowest BCUT2D eigenvalue weighted by molar-refractivity contribution is -0.142. The second-order valence-electron chi connectivity index (χ2n) is 7.36. The highest BCUT2D eigenvalue weighted by molar-refractivity contribution is 5.82. The summed E-state index contributed by atoms with van der Waals surface area (Å²) in [6.45, 7) is 5.29. The van der Waals surface area contributed by atoms with Gasteiger partial charge in [-0.15, -0.1) is 10.2 Å². The molecule has 148 valence electrons. The third-order valence-corrected chi connectivity index (χ3v) is 5.65. The minimum Gasteiger partial charge on any atom is -0.368 e. The molecule has 0 saturated carbocycles. The summed E-state index contributed by atoms with van der Waals surface area (Å²) in [5, 5.41) is 12.1. The second kappa shape index (κ2) is 8.24. The van der Waals surface area contributed by atoms with Crippen molar-refractivity contribution in [1.29, 1.82) is 0 Å². The van der Waals surface area contributed by atoms with E-state index in [1.54, 1.807) is 7.05 Å². The Balaban J connectivity index is 1.29. The number of piperazine rings is 1. The number of hydrogen-bond acceptors (Lipinski definition) is 5. The molecule has 0 radical (unpaired) electrons. The minimum absolute atomic E-state index is 0.144. The molecule has 1 aromatic rings. The number of guanidine groups is 1. The van der Waals surface area contributed by atoms with Gasteiger partial charge >= 0.3 is 0 Å². The normalized spacial score (nSPS) is 23.4. The number of nitrogens with one attached hydrogen (secondary N) is 1. The van der Waals surface area contributed by atoms with Crippen LogP contribution >= 0.6 is 0 Å². The Bertz CT molecular complexity index is 688. The van der Waals surface area contributed by atoms with Crippen LogP contribution in [0.2, 0.25) is 0 Å². The fourth-order valence-corrected chi connectivity index (χ4v) is 4.10. The maximum Gasteiger partial charge on any atom is 0.251 e. The summed E-state index contributed by atoms with van der Waals surface area (Å²) in [6.07, 6.45) is 5.01. The van der Waals surface area contributed by atoms with E-state index >= 15 is 0 Å². The Kier molecular flexibility index (Phi) is 5.56. The van der Waals surface area contributed by atoms with E-state index in [4.69, 9.17) is 4.74 Å². The molecular formula is C18H29N7O2. The number of fused-ring (bicyclic) bond motifs is 1. The van der Waals surface area contributed by atoms with E-state index in [0.29, 0.717) is 26.2 Å². The van der Waals surface area contributed by atoms with Crippen LogP contribution in [0.4, 0.5) is 0 Å². The van der Waals surface area contributed by atoms with Crippen LogP contribution in [0.15, 0.2) is 4.99 Å². The molecule has 1 amide bonds. The van der Waals surface area contributed by atoms with E-state index in [9.17, 15) is 4.79 Å². The van der Waals surface area contributed by atoms with Crippen molar-refractivity contribution in [3.63, 3.8) is 0 Å². The molecule has 4 rings (SSSR count). The third-order valence-electron chi connectivity index (χ3n) is 5.65. The Morgan fingerprint density at radius 2 is 1.96 bits per heavy atom. The molecule has 3 aliphatic heterocycles. The van der Waals surface area contributed by atoms with Crippen molar-refractivity contribution in [2.24, 2.45) is 4.99 Å². The van der Waals surface area contributed by atoms with Gasteiger partial charge in [0.1, 0.15) is 11.9 Å². The highest BCUT2D eigenvalue weighted by Crippen LogP contribution is 2.16. The van der Waals surface area contributed by atoms with Gasteiger partial charge in [-0.25, -0.2) is 0 Å². The molecule has 3 aliphatic rings. The molecule has 1 unspecified atom stereocenters. The van der Waals surface area contributed by atoms with E-state index in [-0.39, 0.29) is 12.0 Å². The number of nitrogens with zero attached hydrogens (tertiary/aromatic N) is 6. The highest BCUT2D eigenvalue weighted by atomic mass is 16.5. The Hall–Kier alpha value is -2.16. The Labute approximate surface area is 159 Å². The number of aromatic nitrogens is 3. The number of hydrogen-bond donors (Lipinski definition) is 1. The van der Waals surface area contributed by atoms with Crippen LogP contribution in [-0.2, 0) is 29.0 Å². The zero-order chi connectivity index (χ0) is 18.6. The summed E-state index contributed by atoms with van der Waals surface area (Å²) >= 11 is 0. The molecule has 1 atom stereocenters. The topological polar surface area (TPSA) is 87.9 Å². The number of carbonyl (C=O) groups excluding carboxylic acids is 1. The standard InChI is InChI=1S/C18H29N7O2/c1-19-18(20-13-16-22-21-15-6-2-3-7-25(15)16)24-10-8-23(9-11-24)17(26)14-5-4-12-27-14/h14H,2-13H2,1H3,(H,19,20). The summed E-state index contributed by atoms with van der Waals surface area (Å²) in [7, 11) is 1.80. The van der Waals surface area contributed by atoms with Crippen molar-refractivity contribution < 1.29 is 9.53 Å². The van der Waals surface area contributed by atoms with Gasteiger partial charge in [0.25, 0.3) is 5.91 Å². The first-order chi connectivity index (χ1) is 13.3.